The maximum atomic E-state index is 13.1. The molecule has 1 atom stereocenters. The van der Waals surface area contributed by atoms with Gasteiger partial charge in [0.25, 0.3) is 15.7 Å². The Morgan fingerprint density at radius 3 is 2.62 bits per heavy atom. The van der Waals surface area contributed by atoms with Gasteiger partial charge in [-0.05, 0) is 37.0 Å². The van der Waals surface area contributed by atoms with Crippen molar-refractivity contribution in [3.63, 3.8) is 0 Å². The molecule has 164 valence electrons. The molecule has 3 aromatic carbocycles. The molecule has 0 saturated heterocycles. The summed E-state index contributed by atoms with van der Waals surface area (Å²) in [5.41, 5.74) is 1.80. The molecule has 0 bridgehead atoms. The van der Waals surface area contributed by atoms with Crippen LogP contribution in [0.2, 0.25) is 5.02 Å². The molecule has 1 N–H and O–H groups in total. The van der Waals surface area contributed by atoms with E-state index in [2.05, 4.69) is 11.6 Å². The van der Waals surface area contributed by atoms with Crippen molar-refractivity contribution in [1.29, 1.82) is 0 Å². The second-order valence-electron chi connectivity index (χ2n) is 8.17. The van der Waals surface area contributed by atoms with Gasteiger partial charge in [-0.2, -0.15) is 0 Å². The van der Waals surface area contributed by atoms with Gasteiger partial charge in [0.15, 0.2) is 0 Å². The quantitative estimate of drug-likeness (QED) is 0.288. The van der Waals surface area contributed by atoms with Gasteiger partial charge < -0.3 is 4.42 Å². The molecule has 0 saturated carbocycles. The highest BCUT2D eigenvalue weighted by atomic mass is 35.5. The van der Waals surface area contributed by atoms with Gasteiger partial charge >= 0.3 is 0 Å². The number of fused-ring (bicyclic) bond motifs is 5. The molecule has 4 aromatic rings. The Morgan fingerprint density at radius 2 is 1.88 bits per heavy atom. The molecule has 0 spiro atoms. The second-order valence-corrected chi connectivity index (χ2v) is 10.3. The van der Waals surface area contributed by atoms with Crippen LogP contribution in [-0.2, 0) is 22.9 Å². The van der Waals surface area contributed by atoms with Crippen molar-refractivity contribution in [3.8, 4) is 0 Å². The maximum Gasteiger partial charge on any atom is 0.289 e. The molecule has 0 fully saturated rings. The summed E-state index contributed by atoms with van der Waals surface area (Å²) >= 11 is 5.84. The number of sulfonamides is 1. The van der Waals surface area contributed by atoms with Crippen molar-refractivity contribution in [2.24, 2.45) is 5.92 Å². The number of nitrogens with zero attached hydrogens (tertiary/aromatic N) is 1. The minimum absolute atomic E-state index is 0.125. The van der Waals surface area contributed by atoms with E-state index in [9.17, 15) is 18.5 Å². The Kier molecular flexibility index (Phi) is 4.87. The Labute approximate surface area is 189 Å². The van der Waals surface area contributed by atoms with Crippen LogP contribution in [0.5, 0.6) is 0 Å². The van der Waals surface area contributed by atoms with E-state index in [4.69, 9.17) is 16.0 Å². The Hall–Kier alpha value is -3.10. The van der Waals surface area contributed by atoms with Gasteiger partial charge in [-0.15, -0.1) is 0 Å². The minimum Gasteiger partial charge on any atom is -0.460 e. The fourth-order valence-electron chi connectivity index (χ4n) is 4.35. The summed E-state index contributed by atoms with van der Waals surface area (Å²) in [5, 5.41) is 13.5. The van der Waals surface area contributed by atoms with E-state index in [0.29, 0.717) is 17.0 Å². The first-order chi connectivity index (χ1) is 15.2. The zero-order chi connectivity index (χ0) is 22.6. The normalized spacial score (nSPS) is 16.2. The third-order valence-corrected chi connectivity index (χ3v) is 7.65. The van der Waals surface area contributed by atoms with Crippen LogP contribution < -0.4 is 4.72 Å². The second kappa shape index (κ2) is 7.50. The van der Waals surface area contributed by atoms with Crippen LogP contribution >= 0.6 is 11.6 Å². The molecule has 32 heavy (non-hydrogen) atoms. The van der Waals surface area contributed by atoms with Crippen LogP contribution in [0.25, 0.3) is 21.7 Å². The van der Waals surface area contributed by atoms with Crippen molar-refractivity contribution in [3.05, 3.63) is 75.0 Å². The van der Waals surface area contributed by atoms with Crippen LogP contribution in [0, 0.1) is 16.0 Å². The summed E-state index contributed by atoms with van der Waals surface area (Å²) in [6.07, 6.45) is 2.77. The van der Waals surface area contributed by atoms with Gasteiger partial charge in [0.1, 0.15) is 16.4 Å². The van der Waals surface area contributed by atoms with Crippen LogP contribution in [0.15, 0.2) is 57.8 Å². The zero-order valence-electron chi connectivity index (χ0n) is 17.1. The number of benzene rings is 3. The standard InChI is InChI=1S/C23H19ClN2O5S/c1-13-6-8-16-18-12-20(15-4-2-3-5-17(15)23(18)31-22(16)10-13)25-32(29,30)14-7-9-19(24)21(11-14)26(27)28/h2-5,7,9,11-13,25H,6,8,10H2,1H3. The maximum absolute atomic E-state index is 13.1. The van der Waals surface area contributed by atoms with Crippen LogP contribution in [-0.4, -0.2) is 13.3 Å². The summed E-state index contributed by atoms with van der Waals surface area (Å²) in [5.74, 6) is 1.49. The molecule has 1 aliphatic carbocycles. The molecule has 5 rings (SSSR count). The first-order valence-corrected chi connectivity index (χ1v) is 12.0. The molecule has 0 radical (unpaired) electrons. The molecule has 1 aliphatic rings. The topological polar surface area (TPSA) is 102 Å². The molecule has 9 heteroatoms. The SMILES string of the molecule is CC1CCc2c(oc3c2cc(NS(=O)(=O)c2ccc(Cl)c([N+](=O)[O-])c2)c2ccccc23)C1. The lowest BCUT2D eigenvalue weighted by Crippen LogP contribution is -2.13. The molecule has 0 aliphatic heterocycles. The third kappa shape index (κ3) is 3.40. The number of rotatable bonds is 4. The average molecular weight is 471 g/mol. The van der Waals surface area contributed by atoms with E-state index in [1.54, 1.807) is 6.07 Å². The lowest BCUT2D eigenvalue weighted by Gasteiger charge is -2.16. The van der Waals surface area contributed by atoms with Gasteiger partial charge in [-0.3, -0.25) is 14.8 Å². The Balaban J connectivity index is 1.67. The van der Waals surface area contributed by atoms with E-state index < -0.39 is 20.6 Å². The summed E-state index contributed by atoms with van der Waals surface area (Å²) in [7, 11) is -4.10. The highest BCUT2D eigenvalue weighted by Gasteiger charge is 2.26. The van der Waals surface area contributed by atoms with E-state index in [1.807, 2.05) is 24.3 Å². The van der Waals surface area contributed by atoms with Crippen molar-refractivity contribution >= 4 is 54.7 Å². The molecule has 7 nitrogen and oxygen atoms in total. The van der Waals surface area contributed by atoms with Crippen LogP contribution in [0.1, 0.15) is 24.7 Å². The lowest BCUT2D eigenvalue weighted by molar-refractivity contribution is -0.384. The molecule has 0 amide bonds. The predicted molar refractivity (Wildman–Crippen MR) is 124 cm³/mol. The van der Waals surface area contributed by atoms with Crippen LogP contribution in [0.3, 0.4) is 0 Å². The molecule has 1 heterocycles. The monoisotopic (exact) mass is 470 g/mol. The summed E-state index contributed by atoms with van der Waals surface area (Å²) < 4.78 is 35.1. The van der Waals surface area contributed by atoms with Crippen LogP contribution in [0.4, 0.5) is 11.4 Å². The number of nitro benzene ring substituents is 1. The highest BCUT2D eigenvalue weighted by Crippen LogP contribution is 2.41. The Morgan fingerprint density at radius 1 is 1.12 bits per heavy atom. The number of hydrogen-bond donors (Lipinski definition) is 1. The highest BCUT2D eigenvalue weighted by molar-refractivity contribution is 7.92. The van der Waals surface area contributed by atoms with E-state index in [-0.39, 0.29) is 9.92 Å². The number of nitrogens with one attached hydrogen (secondary N) is 1. The van der Waals surface area contributed by atoms with Gasteiger partial charge in [-0.25, -0.2) is 8.42 Å². The van der Waals surface area contributed by atoms with Gasteiger partial charge in [0.2, 0.25) is 0 Å². The Bertz CT molecular complexity index is 1510. The van der Waals surface area contributed by atoms with E-state index in [1.165, 1.54) is 12.1 Å². The van der Waals surface area contributed by atoms with Gasteiger partial charge in [-0.1, -0.05) is 42.8 Å². The number of nitro groups is 1. The predicted octanol–water partition coefficient (Wildman–Crippen LogP) is 6.07. The van der Waals surface area contributed by atoms with E-state index >= 15 is 0 Å². The zero-order valence-corrected chi connectivity index (χ0v) is 18.7. The molecule has 1 aromatic heterocycles. The first-order valence-electron chi connectivity index (χ1n) is 10.2. The number of anilines is 1. The number of furan rings is 1. The lowest BCUT2D eigenvalue weighted by atomic mass is 9.88. The number of hydrogen-bond acceptors (Lipinski definition) is 5. The summed E-state index contributed by atoms with van der Waals surface area (Å²) in [6.45, 7) is 2.19. The first kappa shape index (κ1) is 20.8. The summed E-state index contributed by atoms with van der Waals surface area (Å²) in [4.78, 5) is 10.3. The number of halogens is 1. The molecule has 1 unspecified atom stereocenters. The number of aryl methyl sites for hydroxylation is 1. The molecular weight excluding hydrogens is 452 g/mol. The van der Waals surface area contributed by atoms with Crippen molar-refractivity contribution in [2.45, 2.75) is 31.1 Å². The average Bonchev–Trinajstić information content (AvgIpc) is 3.11. The van der Waals surface area contributed by atoms with Crippen molar-refractivity contribution in [2.75, 3.05) is 4.72 Å². The van der Waals surface area contributed by atoms with E-state index in [0.717, 1.165) is 53.0 Å². The summed E-state index contributed by atoms with van der Waals surface area (Å²) in [6, 6.07) is 12.7. The van der Waals surface area contributed by atoms with Crippen molar-refractivity contribution in [1.82, 2.24) is 0 Å². The van der Waals surface area contributed by atoms with Gasteiger partial charge in [0, 0.05) is 34.2 Å². The largest absolute Gasteiger partial charge is 0.460 e. The van der Waals surface area contributed by atoms with Gasteiger partial charge in [0.05, 0.1) is 15.5 Å². The molecular formula is C23H19ClN2O5S. The fourth-order valence-corrected chi connectivity index (χ4v) is 5.63. The third-order valence-electron chi connectivity index (χ3n) is 5.97. The van der Waals surface area contributed by atoms with Crippen molar-refractivity contribution < 1.29 is 17.8 Å². The fraction of sp³-hybridized carbons (Fsp3) is 0.217. The smallest absolute Gasteiger partial charge is 0.289 e. The minimum atomic E-state index is -4.10.